The molecule has 1 aliphatic rings. The molecular weight excluding hydrogens is 348 g/mol. The Morgan fingerprint density at radius 3 is 2.64 bits per heavy atom. The number of carbonyl (C=O) groups is 1. The average Bonchev–Trinajstić information content (AvgIpc) is 3.32. The Labute approximate surface area is 166 Å². The Morgan fingerprint density at radius 1 is 1.11 bits per heavy atom. The molecule has 0 fully saturated rings. The number of anilines is 1. The maximum atomic E-state index is 12.8. The van der Waals surface area contributed by atoms with E-state index in [-0.39, 0.29) is 5.91 Å². The molecule has 28 heavy (non-hydrogen) atoms. The van der Waals surface area contributed by atoms with Crippen molar-refractivity contribution < 1.29 is 4.79 Å². The molecule has 4 rings (SSSR count). The zero-order chi connectivity index (χ0) is 19.5. The van der Waals surface area contributed by atoms with E-state index >= 15 is 0 Å². The SMILES string of the molecule is Cc1ccccc1-n1nc(C(=O)NCCN(C)c2ccccc2)c2c1CCC2. The van der Waals surface area contributed by atoms with Crippen LogP contribution in [-0.4, -0.2) is 35.8 Å². The summed E-state index contributed by atoms with van der Waals surface area (Å²) in [6, 6.07) is 18.4. The zero-order valence-electron chi connectivity index (χ0n) is 16.5. The van der Waals surface area contributed by atoms with E-state index in [0.29, 0.717) is 12.2 Å². The number of rotatable bonds is 6. The first-order valence-electron chi connectivity index (χ1n) is 9.86. The number of aryl methyl sites for hydroxylation is 1. The van der Waals surface area contributed by atoms with Crippen molar-refractivity contribution in [2.45, 2.75) is 26.2 Å². The fourth-order valence-electron chi connectivity index (χ4n) is 3.85. The summed E-state index contributed by atoms with van der Waals surface area (Å²) in [6.07, 6.45) is 2.98. The van der Waals surface area contributed by atoms with E-state index in [1.165, 1.54) is 5.69 Å². The van der Waals surface area contributed by atoms with Crippen LogP contribution >= 0.6 is 0 Å². The minimum absolute atomic E-state index is 0.0769. The normalized spacial score (nSPS) is 12.6. The van der Waals surface area contributed by atoms with Crippen LogP contribution in [0.15, 0.2) is 54.6 Å². The maximum Gasteiger partial charge on any atom is 0.272 e. The molecule has 2 aromatic carbocycles. The molecule has 0 unspecified atom stereocenters. The van der Waals surface area contributed by atoms with Crippen LogP contribution in [0.25, 0.3) is 5.69 Å². The van der Waals surface area contributed by atoms with Gasteiger partial charge >= 0.3 is 0 Å². The Kier molecular flexibility index (Phi) is 5.15. The molecule has 0 saturated carbocycles. The Bertz CT molecular complexity index is 978. The van der Waals surface area contributed by atoms with Crippen molar-refractivity contribution in [3.63, 3.8) is 0 Å². The predicted octanol–water partition coefficient (Wildman–Crippen LogP) is 3.54. The Hall–Kier alpha value is -3.08. The van der Waals surface area contributed by atoms with Crippen LogP contribution < -0.4 is 10.2 Å². The summed E-state index contributed by atoms with van der Waals surface area (Å²) >= 11 is 0. The highest BCUT2D eigenvalue weighted by atomic mass is 16.2. The van der Waals surface area contributed by atoms with Gasteiger partial charge in [-0.1, -0.05) is 36.4 Å². The molecule has 0 radical (unpaired) electrons. The fraction of sp³-hybridized carbons (Fsp3) is 0.304. The third-order valence-electron chi connectivity index (χ3n) is 5.42. The summed E-state index contributed by atoms with van der Waals surface area (Å²) in [4.78, 5) is 15.0. The van der Waals surface area contributed by atoms with Gasteiger partial charge < -0.3 is 10.2 Å². The van der Waals surface area contributed by atoms with Crippen LogP contribution in [0.5, 0.6) is 0 Å². The lowest BCUT2D eigenvalue weighted by molar-refractivity contribution is 0.0948. The Morgan fingerprint density at radius 2 is 1.86 bits per heavy atom. The standard InChI is InChI=1S/C23H26N4O/c1-17-9-6-7-13-20(17)27-21-14-8-12-19(21)22(25-27)23(28)24-15-16-26(2)18-10-4-3-5-11-18/h3-7,9-11,13H,8,12,14-16H2,1-2H3,(H,24,28). The van der Waals surface area contributed by atoms with E-state index in [9.17, 15) is 4.79 Å². The summed E-state index contributed by atoms with van der Waals surface area (Å²) < 4.78 is 1.97. The molecule has 1 aromatic heterocycles. The molecule has 5 heteroatoms. The molecule has 1 N–H and O–H groups in total. The van der Waals surface area contributed by atoms with E-state index in [1.54, 1.807) is 0 Å². The molecule has 0 aliphatic heterocycles. The van der Waals surface area contributed by atoms with Crippen molar-refractivity contribution >= 4 is 11.6 Å². The van der Waals surface area contributed by atoms with Crippen LogP contribution in [0.1, 0.15) is 33.7 Å². The van der Waals surface area contributed by atoms with Gasteiger partial charge in [0.05, 0.1) is 5.69 Å². The van der Waals surface area contributed by atoms with E-state index in [4.69, 9.17) is 5.10 Å². The van der Waals surface area contributed by atoms with Crippen LogP contribution in [0.4, 0.5) is 5.69 Å². The molecule has 0 spiro atoms. The lowest BCUT2D eigenvalue weighted by Crippen LogP contribution is -2.33. The molecular formula is C23H26N4O. The summed E-state index contributed by atoms with van der Waals surface area (Å²) in [5.41, 5.74) is 6.23. The molecule has 1 aliphatic carbocycles. The van der Waals surface area contributed by atoms with Crippen molar-refractivity contribution in [1.29, 1.82) is 0 Å². The van der Waals surface area contributed by atoms with Gasteiger partial charge in [0, 0.05) is 37.1 Å². The van der Waals surface area contributed by atoms with Gasteiger partial charge in [-0.05, 0) is 49.9 Å². The number of para-hydroxylation sites is 2. The van der Waals surface area contributed by atoms with Crippen LogP contribution in [0, 0.1) is 6.92 Å². The fourth-order valence-corrected chi connectivity index (χ4v) is 3.85. The number of carbonyl (C=O) groups excluding carboxylic acids is 1. The van der Waals surface area contributed by atoms with Crippen LogP contribution in [0.3, 0.4) is 0 Å². The second-order valence-corrected chi connectivity index (χ2v) is 7.34. The lowest BCUT2D eigenvalue weighted by Gasteiger charge is -2.19. The van der Waals surface area contributed by atoms with Gasteiger partial charge in [-0.2, -0.15) is 5.10 Å². The quantitative estimate of drug-likeness (QED) is 0.718. The van der Waals surface area contributed by atoms with E-state index in [2.05, 4.69) is 41.4 Å². The number of aromatic nitrogens is 2. The molecule has 0 atom stereocenters. The summed E-state index contributed by atoms with van der Waals surface area (Å²) in [5.74, 6) is -0.0769. The Balaban J connectivity index is 1.48. The van der Waals surface area contributed by atoms with Gasteiger partial charge in [-0.15, -0.1) is 0 Å². The first-order valence-corrected chi connectivity index (χ1v) is 9.86. The minimum atomic E-state index is -0.0769. The van der Waals surface area contributed by atoms with Gasteiger partial charge in [-0.3, -0.25) is 4.79 Å². The second-order valence-electron chi connectivity index (χ2n) is 7.34. The largest absolute Gasteiger partial charge is 0.373 e. The van der Waals surface area contributed by atoms with Gasteiger partial charge in [0.15, 0.2) is 5.69 Å². The highest BCUT2D eigenvalue weighted by Crippen LogP contribution is 2.28. The van der Waals surface area contributed by atoms with E-state index < -0.39 is 0 Å². The number of benzene rings is 2. The second kappa shape index (κ2) is 7.89. The van der Waals surface area contributed by atoms with Gasteiger partial charge in [0.2, 0.25) is 0 Å². The maximum absolute atomic E-state index is 12.8. The van der Waals surface area contributed by atoms with Gasteiger partial charge in [0.25, 0.3) is 5.91 Å². The minimum Gasteiger partial charge on any atom is -0.373 e. The topological polar surface area (TPSA) is 50.2 Å². The summed E-state index contributed by atoms with van der Waals surface area (Å²) in [7, 11) is 2.03. The number of hydrogen-bond donors (Lipinski definition) is 1. The summed E-state index contributed by atoms with van der Waals surface area (Å²) in [6.45, 7) is 3.41. The molecule has 0 bridgehead atoms. The molecule has 5 nitrogen and oxygen atoms in total. The lowest BCUT2D eigenvalue weighted by atomic mass is 10.2. The summed E-state index contributed by atoms with van der Waals surface area (Å²) in [5, 5.41) is 7.76. The van der Waals surface area contributed by atoms with Crippen molar-refractivity contribution in [2.75, 3.05) is 25.0 Å². The number of fused-ring (bicyclic) bond motifs is 1. The van der Waals surface area contributed by atoms with Crippen molar-refractivity contribution in [3.8, 4) is 5.69 Å². The highest BCUT2D eigenvalue weighted by molar-refractivity contribution is 5.94. The molecule has 0 saturated heterocycles. The molecule has 144 valence electrons. The van der Waals surface area contributed by atoms with Gasteiger partial charge in [-0.25, -0.2) is 4.68 Å². The number of nitrogens with one attached hydrogen (secondary N) is 1. The third-order valence-corrected chi connectivity index (χ3v) is 5.42. The van der Waals surface area contributed by atoms with E-state index in [0.717, 1.165) is 48.3 Å². The molecule has 1 amide bonds. The molecule has 1 heterocycles. The number of hydrogen-bond acceptors (Lipinski definition) is 3. The smallest absolute Gasteiger partial charge is 0.272 e. The monoisotopic (exact) mass is 374 g/mol. The van der Waals surface area contributed by atoms with Crippen molar-refractivity contribution in [3.05, 3.63) is 77.1 Å². The van der Waals surface area contributed by atoms with Gasteiger partial charge in [0.1, 0.15) is 0 Å². The number of nitrogens with zero attached hydrogens (tertiary/aromatic N) is 3. The first kappa shape index (κ1) is 18.3. The number of likely N-dealkylation sites (N-methyl/N-ethyl adjacent to an activating group) is 1. The third kappa shape index (κ3) is 3.52. The average molecular weight is 374 g/mol. The molecule has 3 aromatic rings. The predicted molar refractivity (Wildman–Crippen MR) is 112 cm³/mol. The highest BCUT2D eigenvalue weighted by Gasteiger charge is 2.27. The van der Waals surface area contributed by atoms with Crippen LogP contribution in [-0.2, 0) is 12.8 Å². The van der Waals surface area contributed by atoms with E-state index in [1.807, 2.05) is 42.1 Å². The van der Waals surface area contributed by atoms with Crippen molar-refractivity contribution in [2.24, 2.45) is 0 Å². The number of amides is 1. The first-order chi connectivity index (χ1) is 13.6. The van der Waals surface area contributed by atoms with Crippen LogP contribution in [0.2, 0.25) is 0 Å². The zero-order valence-corrected chi connectivity index (χ0v) is 16.5. The van der Waals surface area contributed by atoms with Crippen molar-refractivity contribution in [1.82, 2.24) is 15.1 Å².